The minimum absolute atomic E-state index is 0.0156. The monoisotopic (exact) mass is 517 g/mol. The summed E-state index contributed by atoms with van der Waals surface area (Å²) in [5, 5.41) is 3.52. The molecule has 37 heavy (non-hydrogen) atoms. The Labute approximate surface area is 223 Å². The quantitative estimate of drug-likeness (QED) is 0.358. The predicted molar refractivity (Wildman–Crippen MR) is 145 cm³/mol. The van der Waals surface area contributed by atoms with Gasteiger partial charge in [0.25, 0.3) is 5.91 Å². The van der Waals surface area contributed by atoms with E-state index in [1.165, 1.54) is 0 Å². The molecule has 8 heteroatoms. The van der Waals surface area contributed by atoms with Crippen LogP contribution in [0.2, 0.25) is 0 Å². The largest absolute Gasteiger partial charge is 0.493 e. The molecule has 1 heterocycles. The Hall–Kier alpha value is -2.32. The van der Waals surface area contributed by atoms with E-state index < -0.39 is 0 Å². The van der Waals surface area contributed by atoms with E-state index in [4.69, 9.17) is 14.2 Å². The number of rotatable bonds is 15. The van der Waals surface area contributed by atoms with E-state index >= 15 is 0 Å². The molecule has 1 aromatic carbocycles. The Bertz CT molecular complexity index is 886. The summed E-state index contributed by atoms with van der Waals surface area (Å²) in [6, 6.07) is 5.43. The zero-order valence-corrected chi connectivity index (χ0v) is 23.6. The van der Waals surface area contributed by atoms with E-state index in [-0.39, 0.29) is 23.8 Å². The fraction of sp³-hybridized carbons (Fsp3) is 0.724. The number of benzene rings is 1. The first-order valence-corrected chi connectivity index (χ1v) is 13.8. The molecule has 1 aromatic rings. The topological polar surface area (TPSA) is 80.3 Å². The van der Waals surface area contributed by atoms with E-state index in [0.717, 1.165) is 45.4 Å². The van der Waals surface area contributed by atoms with Crippen molar-refractivity contribution in [2.45, 2.75) is 53.0 Å². The van der Waals surface area contributed by atoms with Gasteiger partial charge in [-0.15, -0.1) is 0 Å². The molecule has 1 aliphatic heterocycles. The Kier molecular flexibility index (Phi) is 11.1. The summed E-state index contributed by atoms with van der Waals surface area (Å²) in [4.78, 5) is 30.7. The van der Waals surface area contributed by atoms with Crippen LogP contribution in [-0.4, -0.2) is 87.8 Å². The van der Waals surface area contributed by atoms with Gasteiger partial charge in [0.1, 0.15) is 0 Å². The molecule has 2 fully saturated rings. The number of hydrogen-bond donors (Lipinski definition) is 1. The lowest BCUT2D eigenvalue weighted by atomic mass is 9.93. The van der Waals surface area contributed by atoms with E-state index in [0.29, 0.717) is 54.6 Å². The highest BCUT2D eigenvalue weighted by atomic mass is 16.5. The number of nitrogens with one attached hydrogen (secondary N) is 1. The van der Waals surface area contributed by atoms with Gasteiger partial charge in [-0.3, -0.25) is 9.59 Å². The normalized spacial score (nSPS) is 19.4. The van der Waals surface area contributed by atoms with Crippen LogP contribution in [0.5, 0.6) is 11.5 Å². The molecule has 0 unspecified atom stereocenters. The number of nitrogens with zero attached hydrogens (tertiary/aromatic N) is 2. The summed E-state index contributed by atoms with van der Waals surface area (Å²) in [7, 11) is 3.26. The summed E-state index contributed by atoms with van der Waals surface area (Å²) < 4.78 is 16.5. The van der Waals surface area contributed by atoms with Crippen molar-refractivity contribution < 1.29 is 23.8 Å². The summed E-state index contributed by atoms with van der Waals surface area (Å²) in [6.45, 7) is 13.5. The third-order valence-electron chi connectivity index (χ3n) is 7.23. The second kappa shape index (κ2) is 14.0. The van der Waals surface area contributed by atoms with Crippen molar-refractivity contribution in [3.63, 3.8) is 0 Å². The lowest BCUT2D eigenvalue weighted by molar-refractivity contribution is -0.133. The summed E-state index contributed by atoms with van der Waals surface area (Å²) >= 11 is 0. The second-order valence-corrected chi connectivity index (χ2v) is 11.2. The maximum absolute atomic E-state index is 13.7. The summed E-state index contributed by atoms with van der Waals surface area (Å²) in [5.41, 5.74) is 0.587. The highest BCUT2D eigenvalue weighted by Crippen LogP contribution is 2.33. The Balaban J connectivity index is 1.70. The molecule has 2 atom stereocenters. The standard InChI is InChI=1S/C29H47N3O5/c1-20(2)17-31(28(33)22-8-9-22)18-24-15-30-16-25(24)19-32(21(3)4)29(34)23-10-11-26(36-6)27(14-23)37-13-7-12-35-5/h10-11,14,20-22,24-25,30H,7-9,12-13,15-19H2,1-6H3/t24-,25-/m0/s1. The van der Waals surface area contributed by atoms with Gasteiger partial charge in [0, 0.05) is 70.4 Å². The predicted octanol–water partition coefficient (Wildman–Crippen LogP) is 3.69. The molecule has 0 spiro atoms. The highest BCUT2D eigenvalue weighted by molar-refractivity contribution is 5.95. The maximum Gasteiger partial charge on any atom is 0.254 e. The van der Waals surface area contributed by atoms with Gasteiger partial charge in [0.05, 0.1) is 13.7 Å². The summed E-state index contributed by atoms with van der Waals surface area (Å²) in [6.07, 6.45) is 2.80. The van der Waals surface area contributed by atoms with Gasteiger partial charge in [-0.1, -0.05) is 13.8 Å². The molecule has 8 nitrogen and oxygen atoms in total. The number of carbonyl (C=O) groups excluding carboxylic acids is 2. The number of methoxy groups -OCH3 is 2. The lowest BCUT2D eigenvalue weighted by Gasteiger charge is -2.34. The van der Waals surface area contributed by atoms with E-state index in [1.807, 2.05) is 11.0 Å². The average molecular weight is 518 g/mol. The molecule has 1 aliphatic carbocycles. The van der Waals surface area contributed by atoms with Crippen molar-refractivity contribution in [1.29, 1.82) is 0 Å². The van der Waals surface area contributed by atoms with Crippen LogP contribution in [0, 0.1) is 23.7 Å². The smallest absolute Gasteiger partial charge is 0.254 e. The first-order valence-electron chi connectivity index (χ1n) is 13.8. The van der Waals surface area contributed by atoms with Gasteiger partial charge in [0.15, 0.2) is 11.5 Å². The van der Waals surface area contributed by atoms with Gasteiger partial charge < -0.3 is 29.3 Å². The van der Waals surface area contributed by atoms with Gasteiger partial charge in [0.2, 0.25) is 5.91 Å². The molecule has 3 rings (SSSR count). The fourth-order valence-electron chi connectivity index (χ4n) is 5.04. The van der Waals surface area contributed by atoms with Gasteiger partial charge in [-0.2, -0.15) is 0 Å². The number of carbonyl (C=O) groups is 2. The van der Waals surface area contributed by atoms with Crippen LogP contribution in [-0.2, 0) is 9.53 Å². The Morgan fingerprint density at radius 2 is 1.70 bits per heavy atom. The van der Waals surface area contributed by atoms with Crippen LogP contribution in [0.1, 0.15) is 57.3 Å². The molecule has 0 bridgehead atoms. The molecule has 1 saturated heterocycles. The molecule has 0 aromatic heterocycles. The average Bonchev–Trinajstić information content (AvgIpc) is 3.63. The Morgan fingerprint density at radius 1 is 1.00 bits per heavy atom. The minimum atomic E-state index is -0.0156. The van der Waals surface area contributed by atoms with Crippen molar-refractivity contribution in [1.82, 2.24) is 15.1 Å². The third kappa shape index (κ3) is 8.34. The lowest BCUT2D eigenvalue weighted by Crippen LogP contribution is -2.45. The maximum atomic E-state index is 13.7. The van der Waals surface area contributed by atoms with Gasteiger partial charge in [-0.05, 0) is 62.6 Å². The summed E-state index contributed by atoms with van der Waals surface area (Å²) in [5.74, 6) is 2.74. The van der Waals surface area contributed by atoms with Crippen LogP contribution in [0.25, 0.3) is 0 Å². The van der Waals surface area contributed by atoms with Crippen LogP contribution < -0.4 is 14.8 Å². The van der Waals surface area contributed by atoms with Crippen LogP contribution in [0.3, 0.4) is 0 Å². The number of amides is 2. The third-order valence-corrected chi connectivity index (χ3v) is 7.23. The first kappa shape index (κ1) is 29.2. The van der Waals surface area contributed by atoms with Crippen LogP contribution in [0.15, 0.2) is 18.2 Å². The highest BCUT2D eigenvalue weighted by Gasteiger charge is 2.37. The molecule has 1 saturated carbocycles. The van der Waals surface area contributed by atoms with E-state index in [9.17, 15) is 9.59 Å². The van der Waals surface area contributed by atoms with Gasteiger partial charge in [-0.25, -0.2) is 0 Å². The molecule has 0 radical (unpaired) electrons. The number of ether oxygens (including phenoxy) is 3. The molecular formula is C29H47N3O5. The molecule has 2 aliphatic rings. The van der Waals surface area contributed by atoms with Crippen molar-refractivity contribution in [2.75, 3.05) is 60.2 Å². The van der Waals surface area contributed by atoms with Crippen LogP contribution in [0.4, 0.5) is 0 Å². The van der Waals surface area contributed by atoms with Crippen LogP contribution >= 0.6 is 0 Å². The minimum Gasteiger partial charge on any atom is -0.493 e. The molecule has 208 valence electrons. The fourth-order valence-corrected chi connectivity index (χ4v) is 5.04. The van der Waals surface area contributed by atoms with Crippen molar-refractivity contribution >= 4 is 11.8 Å². The molecule has 1 N–H and O–H groups in total. The molecular weight excluding hydrogens is 470 g/mol. The number of hydrogen-bond acceptors (Lipinski definition) is 6. The van der Waals surface area contributed by atoms with Gasteiger partial charge >= 0.3 is 0 Å². The molecule has 2 amide bonds. The van der Waals surface area contributed by atoms with E-state index in [2.05, 4.69) is 37.9 Å². The van der Waals surface area contributed by atoms with Crippen molar-refractivity contribution in [3.8, 4) is 11.5 Å². The zero-order valence-electron chi connectivity index (χ0n) is 23.6. The Morgan fingerprint density at radius 3 is 2.30 bits per heavy atom. The van der Waals surface area contributed by atoms with Crippen molar-refractivity contribution in [3.05, 3.63) is 23.8 Å². The second-order valence-electron chi connectivity index (χ2n) is 11.2. The van der Waals surface area contributed by atoms with E-state index in [1.54, 1.807) is 26.4 Å². The SMILES string of the molecule is COCCCOc1cc(C(=O)N(C[C@@H]2CNC[C@H]2CN(CC(C)C)C(=O)C2CC2)C(C)C)ccc1OC. The zero-order chi connectivity index (χ0) is 26.9. The first-order chi connectivity index (χ1) is 17.7. The van der Waals surface area contributed by atoms with Crippen molar-refractivity contribution in [2.24, 2.45) is 23.7 Å².